The predicted molar refractivity (Wildman–Crippen MR) is 112 cm³/mol. The van der Waals surface area contributed by atoms with Crippen molar-refractivity contribution >= 4 is 29.3 Å². The van der Waals surface area contributed by atoms with Crippen molar-refractivity contribution in [2.75, 3.05) is 17.7 Å². The number of carbonyl (C=O) groups is 3. The first-order valence-electron chi connectivity index (χ1n) is 8.89. The smallest absolute Gasteiger partial charge is 0.411 e. The number of benzene rings is 3. The summed E-state index contributed by atoms with van der Waals surface area (Å²) >= 11 is 0. The molecular weight excluding hydrogens is 386 g/mol. The van der Waals surface area contributed by atoms with Crippen LogP contribution in [0.2, 0.25) is 0 Å². The first-order valence-corrected chi connectivity index (χ1v) is 8.89. The molecule has 0 heterocycles. The van der Waals surface area contributed by atoms with E-state index in [1.807, 2.05) is 0 Å². The Morgan fingerprint density at radius 3 is 1.63 bits per heavy atom. The predicted octanol–water partition coefficient (Wildman–Crippen LogP) is 4.01. The number of hydrogen-bond acceptors (Lipinski definition) is 5. The number of nitrogens with two attached hydrogens (primary N) is 1. The lowest BCUT2D eigenvalue weighted by atomic mass is 10.2. The number of nitrogens with one attached hydrogen (secondary N) is 2. The molecule has 0 radical (unpaired) electrons. The van der Waals surface area contributed by atoms with Gasteiger partial charge in [0.15, 0.2) is 0 Å². The third kappa shape index (κ3) is 5.35. The number of ether oxygens (including phenoxy) is 2. The normalized spacial score (nSPS) is 10.0. The summed E-state index contributed by atoms with van der Waals surface area (Å²) in [5.74, 6) is 0.279. The van der Waals surface area contributed by atoms with E-state index >= 15 is 0 Å². The van der Waals surface area contributed by atoms with Gasteiger partial charge >= 0.3 is 6.09 Å². The first-order chi connectivity index (χ1) is 14.4. The van der Waals surface area contributed by atoms with Gasteiger partial charge in [-0.2, -0.15) is 0 Å². The Morgan fingerprint density at radius 2 is 1.17 bits per heavy atom. The van der Waals surface area contributed by atoms with Gasteiger partial charge in [-0.3, -0.25) is 14.9 Å². The topological polar surface area (TPSA) is 120 Å². The second kappa shape index (κ2) is 9.24. The van der Waals surface area contributed by atoms with Crippen molar-refractivity contribution < 1.29 is 23.9 Å². The van der Waals surface area contributed by atoms with Crippen LogP contribution in [-0.4, -0.2) is 25.0 Å². The molecule has 3 aromatic rings. The van der Waals surface area contributed by atoms with Gasteiger partial charge in [0.25, 0.3) is 5.91 Å². The number of primary amides is 1. The standard InChI is InChI=1S/C22H19N3O5/c1-29-22(28)25-17-8-6-16(7-9-17)24-21(27)15-4-12-19(13-5-15)30-18-10-2-14(3-11-18)20(23)26/h2-13H,1H3,(H2,23,26)(H,24,27)(H,25,28). The maximum Gasteiger partial charge on any atom is 0.411 e. The van der Waals surface area contributed by atoms with Crippen LogP contribution >= 0.6 is 0 Å². The third-order valence-corrected chi connectivity index (χ3v) is 4.07. The lowest BCUT2D eigenvalue weighted by molar-refractivity contribution is 0.0997. The minimum Gasteiger partial charge on any atom is -0.457 e. The fourth-order valence-electron chi connectivity index (χ4n) is 2.51. The average Bonchev–Trinajstić information content (AvgIpc) is 2.76. The number of amides is 3. The maximum atomic E-state index is 12.4. The van der Waals surface area contributed by atoms with Gasteiger partial charge in [-0.05, 0) is 72.8 Å². The Bertz CT molecular complexity index is 1050. The molecule has 0 fully saturated rings. The van der Waals surface area contributed by atoms with Crippen molar-refractivity contribution in [1.82, 2.24) is 0 Å². The molecule has 8 heteroatoms. The van der Waals surface area contributed by atoms with E-state index in [2.05, 4.69) is 15.4 Å². The molecule has 0 saturated carbocycles. The van der Waals surface area contributed by atoms with Gasteiger partial charge in [0.1, 0.15) is 11.5 Å². The molecule has 0 unspecified atom stereocenters. The van der Waals surface area contributed by atoms with E-state index in [0.29, 0.717) is 34.0 Å². The number of carbonyl (C=O) groups excluding carboxylic acids is 3. The molecule has 0 bridgehead atoms. The van der Waals surface area contributed by atoms with Crippen molar-refractivity contribution in [2.45, 2.75) is 0 Å². The molecular formula is C22H19N3O5. The van der Waals surface area contributed by atoms with Crippen molar-refractivity contribution in [3.05, 3.63) is 83.9 Å². The van der Waals surface area contributed by atoms with E-state index in [1.54, 1.807) is 72.8 Å². The number of anilines is 2. The van der Waals surface area contributed by atoms with Crippen molar-refractivity contribution in [1.29, 1.82) is 0 Å². The number of hydrogen-bond donors (Lipinski definition) is 3. The fourth-order valence-corrected chi connectivity index (χ4v) is 2.51. The summed E-state index contributed by atoms with van der Waals surface area (Å²) in [6.07, 6.45) is -0.571. The zero-order chi connectivity index (χ0) is 21.5. The van der Waals surface area contributed by atoms with E-state index in [4.69, 9.17) is 10.5 Å². The maximum absolute atomic E-state index is 12.4. The van der Waals surface area contributed by atoms with Crippen LogP contribution in [0.3, 0.4) is 0 Å². The fraction of sp³-hybridized carbons (Fsp3) is 0.0455. The van der Waals surface area contributed by atoms with Crippen LogP contribution in [0, 0.1) is 0 Å². The Morgan fingerprint density at radius 1 is 0.700 bits per heavy atom. The summed E-state index contributed by atoms with van der Waals surface area (Å²) in [6.45, 7) is 0. The molecule has 3 rings (SSSR count). The van der Waals surface area contributed by atoms with Crippen LogP contribution < -0.4 is 21.1 Å². The monoisotopic (exact) mass is 405 g/mol. The summed E-state index contributed by atoms with van der Waals surface area (Å²) in [5, 5.41) is 5.30. The van der Waals surface area contributed by atoms with E-state index in [1.165, 1.54) is 7.11 Å². The van der Waals surface area contributed by atoms with Crippen LogP contribution in [0.25, 0.3) is 0 Å². The number of methoxy groups -OCH3 is 1. The van der Waals surface area contributed by atoms with Gasteiger partial charge in [-0.1, -0.05) is 0 Å². The SMILES string of the molecule is COC(=O)Nc1ccc(NC(=O)c2ccc(Oc3ccc(C(N)=O)cc3)cc2)cc1. The van der Waals surface area contributed by atoms with Gasteiger partial charge < -0.3 is 20.5 Å². The molecule has 0 saturated heterocycles. The molecule has 0 aliphatic carbocycles. The largest absolute Gasteiger partial charge is 0.457 e. The van der Waals surface area contributed by atoms with E-state index in [9.17, 15) is 14.4 Å². The van der Waals surface area contributed by atoms with Crippen LogP contribution in [-0.2, 0) is 4.74 Å². The Balaban J connectivity index is 1.59. The molecule has 3 amide bonds. The highest BCUT2D eigenvalue weighted by molar-refractivity contribution is 6.04. The van der Waals surface area contributed by atoms with Crippen LogP contribution in [0.5, 0.6) is 11.5 Å². The highest BCUT2D eigenvalue weighted by Gasteiger charge is 2.08. The summed E-state index contributed by atoms with van der Waals surface area (Å²) < 4.78 is 10.2. The molecule has 0 aliphatic heterocycles. The molecule has 30 heavy (non-hydrogen) atoms. The highest BCUT2D eigenvalue weighted by atomic mass is 16.5. The van der Waals surface area contributed by atoms with Crippen molar-refractivity contribution in [2.24, 2.45) is 5.73 Å². The zero-order valence-corrected chi connectivity index (χ0v) is 16.0. The second-order valence-electron chi connectivity index (χ2n) is 6.16. The Kier molecular flexibility index (Phi) is 6.29. The molecule has 0 spiro atoms. The molecule has 0 aromatic heterocycles. The molecule has 0 aliphatic rings. The van der Waals surface area contributed by atoms with E-state index < -0.39 is 12.0 Å². The number of rotatable bonds is 6. The first kappa shape index (κ1) is 20.4. The minimum atomic E-state index is -0.571. The summed E-state index contributed by atoms with van der Waals surface area (Å²) in [5.41, 5.74) is 7.17. The lowest BCUT2D eigenvalue weighted by Gasteiger charge is -2.09. The molecule has 3 aromatic carbocycles. The van der Waals surface area contributed by atoms with Gasteiger partial charge in [-0.15, -0.1) is 0 Å². The van der Waals surface area contributed by atoms with Crippen LogP contribution in [0.15, 0.2) is 72.8 Å². The van der Waals surface area contributed by atoms with E-state index in [0.717, 1.165) is 0 Å². The molecule has 0 atom stereocenters. The molecule has 4 N–H and O–H groups in total. The van der Waals surface area contributed by atoms with Crippen LogP contribution in [0.1, 0.15) is 20.7 Å². The molecule has 8 nitrogen and oxygen atoms in total. The lowest BCUT2D eigenvalue weighted by Crippen LogP contribution is -2.12. The summed E-state index contributed by atoms with van der Waals surface area (Å²) in [4.78, 5) is 34.7. The second-order valence-corrected chi connectivity index (χ2v) is 6.16. The zero-order valence-electron chi connectivity index (χ0n) is 16.0. The third-order valence-electron chi connectivity index (χ3n) is 4.07. The summed E-state index contributed by atoms with van der Waals surface area (Å²) in [6, 6.07) is 19.6. The summed E-state index contributed by atoms with van der Waals surface area (Å²) in [7, 11) is 1.28. The Labute approximate surface area is 172 Å². The molecule has 152 valence electrons. The van der Waals surface area contributed by atoms with Crippen molar-refractivity contribution in [3.8, 4) is 11.5 Å². The average molecular weight is 405 g/mol. The van der Waals surface area contributed by atoms with Gasteiger partial charge in [0, 0.05) is 22.5 Å². The quantitative estimate of drug-likeness (QED) is 0.572. The van der Waals surface area contributed by atoms with Crippen LogP contribution in [0.4, 0.5) is 16.2 Å². The van der Waals surface area contributed by atoms with E-state index in [-0.39, 0.29) is 5.91 Å². The van der Waals surface area contributed by atoms with Gasteiger partial charge in [0.05, 0.1) is 7.11 Å². The minimum absolute atomic E-state index is 0.291. The van der Waals surface area contributed by atoms with Crippen molar-refractivity contribution in [3.63, 3.8) is 0 Å². The van der Waals surface area contributed by atoms with Gasteiger partial charge in [0.2, 0.25) is 5.91 Å². The Hall–Kier alpha value is -4.33. The van der Waals surface area contributed by atoms with Gasteiger partial charge in [-0.25, -0.2) is 4.79 Å². The highest BCUT2D eigenvalue weighted by Crippen LogP contribution is 2.22.